The van der Waals surface area contributed by atoms with Crippen molar-refractivity contribution in [1.29, 1.82) is 0 Å². The van der Waals surface area contributed by atoms with E-state index in [1.165, 1.54) is 12.1 Å². The number of thioether (sulfide) groups is 1. The molecule has 0 aliphatic carbocycles. The maximum Gasteiger partial charge on any atom is 0.132 e. The summed E-state index contributed by atoms with van der Waals surface area (Å²) >= 11 is 1.58. The molecule has 1 atom stereocenters. The minimum atomic E-state index is -0.224. The summed E-state index contributed by atoms with van der Waals surface area (Å²) in [5.41, 5.74) is 1.01. The zero-order valence-corrected chi connectivity index (χ0v) is 12.0. The van der Waals surface area contributed by atoms with E-state index in [2.05, 4.69) is 6.58 Å². The van der Waals surface area contributed by atoms with Gasteiger partial charge in [-0.05, 0) is 36.2 Å². The van der Waals surface area contributed by atoms with Crippen molar-refractivity contribution < 1.29 is 9.13 Å². The van der Waals surface area contributed by atoms with Crippen molar-refractivity contribution in [3.05, 3.63) is 78.6 Å². The molecular weight excluding hydrogens is 271 g/mol. The highest BCUT2D eigenvalue weighted by atomic mass is 32.2. The SMILES string of the molecule is C=CCCOC(Sc1ccc(F)cc1)c1ccccc1. The molecular formula is C17H17FOS. The second-order valence-corrected chi connectivity index (χ2v) is 5.40. The fraction of sp³-hybridized carbons (Fsp3) is 0.176. The number of halogens is 1. The molecule has 0 fully saturated rings. The lowest BCUT2D eigenvalue weighted by atomic mass is 10.2. The zero-order valence-electron chi connectivity index (χ0n) is 11.2. The van der Waals surface area contributed by atoms with Crippen molar-refractivity contribution in [2.24, 2.45) is 0 Å². The Bertz CT molecular complexity index is 524. The topological polar surface area (TPSA) is 9.23 Å². The van der Waals surface area contributed by atoms with Gasteiger partial charge in [-0.2, -0.15) is 0 Å². The standard InChI is InChI=1S/C17H17FOS/c1-2-3-13-19-17(14-7-5-4-6-8-14)20-16-11-9-15(18)10-12-16/h2,4-12,17H,1,3,13H2. The van der Waals surface area contributed by atoms with E-state index >= 15 is 0 Å². The van der Waals surface area contributed by atoms with Gasteiger partial charge in [-0.15, -0.1) is 6.58 Å². The van der Waals surface area contributed by atoms with Crippen molar-refractivity contribution >= 4 is 11.8 Å². The Kier molecular flexibility index (Phi) is 5.84. The van der Waals surface area contributed by atoms with Crippen LogP contribution in [0.5, 0.6) is 0 Å². The van der Waals surface area contributed by atoms with Crippen molar-refractivity contribution in [2.75, 3.05) is 6.61 Å². The lowest BCUT2D eigenvalue weighted by Gasteiger charge is -2.17. The number of benzene rings is 2. The molecule has 0 spiro atoms. The maximum absolute atomic E-state index is 12.9. The maximum atomic E-state index is 12.9. The predicted molar refractivity (Wildman–Crippen MR) is 82.2 cm³/mol. The van der Waals surface area contributed by atoms with Crippen LogP contribution in [0.2, 0.25) is 0 Å². The molecule has 0 aliphatic rings. The molecule has 0 aromatic heterocycles. The summed E-state index contributed by atoms with van der Waals surface area (Å²) in [4.78, 5) is 0.985. The summed E-state index contributed by atoms with van der Waals surface area (Å²) in [6, 6.07) is 16.5. The first kappa shape index (κ1) is 14.8. The number of hydrogen-bond donors (Lipinski definition) is 0. The second-order valence-electron chi connectivity index (χ2n) is 4.26. The Morgan fingerprint density at radius 3 is 2.45 bits per heavy atom. The number of ether oxygens (including phenoxy) is 1. The van der Waals surface area contributed by atoms with Gasteiger partial charge in [0.2, 0.25) is 0 Å². The third-order valence-electron chi connectivity index (χ3n) is 2.72. The summed E-state index contributed by atoms with van der Waals surface area (Å²) in [7, 11) is 0. The minimum Gasteiger partial charge on any atom is -0.362 e. The van der Waals surface area contributed by atoms with Crippen LogP contribution in [0, 0.1) is 5.82 Å². The molecule has 1 nitrogen and oxygen atoms in total. The zero-order chi connectivity index (χ0) is 14.2. The molecule has 0 saturated carbocycles. The van der Waals surface area contributed by atoms with Crippen LogP contribution in [0.15, 0.2) is 72.1 Å². The fourth-order valence-electron chi connectivity index (χ4n) is 1.70. The summed E-state index contributed by atoms with van der Waals surface area (Å²) in [6.07, 6.45) is 2.65. The molecule has 1 unspecified atom stereocenters. The van der Waals surface area contributed by atoms with Gasteiger partial charge >= 0.3 is 0 Å². The molecule has 0 aliphatic heterocycles. The molecule has 2 aromatic carbocycles. The summed E-state index contributed by atoms with van der Waals surface area (Å²) < 4.78 is 18.8. The van der Waals surface area contributed by atoms with E-state index in [-0.39, 0.29) is 11.3 Å². The summed E-state index contributed by atoms with van der Waals surface area (Å²) in [5, 5.41) is 0. The molecule has 0 amide bonds. The molecule has 0 bridgehead atoms. The minimum absolute atomic E-state index is 0.0957. The van der Waals surface area contributed by atoms with Gasteiger partial charge in [0.1, 0.15) is 11.3 Å². The highest BCUT2D eigenvalue weighted by Gasteiger charge is 2.13. The number of rotatable bonds is 7. The molecule has 0 heterocycles. The molecule has 0 radical (unpaired) electrons. The first-order valence-electron chi connectivity index (χ1n) is 6.49. The van der Waals surface area contributed by atoms with Crippen molar-refractivity contribution in [3.8, 4) is 0 Å². The highest BCUT2D eigenvalue weighted by molar-refractivity contribution is 7.99. The van der Waals surface area contributed by atoms with E-state index < -0.39 is 0 Å². The molecule has 2 rings (SSSR count). The first-order valence-corrected chi connectivity index (χ1v) is 7.37. The molecule has 2 aromatic rings. The summed E-state index contributed by atoms with van der Waals surface area (Å²) in [5.74, 6) is -0.224. The largest absolute Gasteiger partial charge is 0.362 e. The second kappa shape index (κ2) is 7.88. The van der Waals surface area contributed by atoms with Crippen LogP contribution in [0.25, 0.3) is 0 Å². The predicted octanol–water partition coefficient (Wildman–Crippen LogP) is 5.21. The Morgan fingerprint density at radius 2 is 1.80 bits per heavy atom. The van der Waals surface area contributed by atoms with Crippen molar-refractivity contribution in [1.82, 2.24) is 0 Å². The van der Waals surface area contributed by atoms with Crippen LogP contribution in [0.4, 0.5) is 4.39 Å². The van der Waals surface area contributed by atoms with E-state index in [1.807, 2.05) is 36.4 Å². The van der Waals surface area contributed by atoms with Crippen LogP contribution < -0.4 is 0 Å². The van der Waals surface area contributed by atoms with Gasteiger partial charge < -0.3 is 4.74 Å². The van der Waals surface area contributed by atoms with Gasteiger partial charge in [-0.25, -0.2) is 4.39 Å². The fourth-order valence-corrected chi connectivity index (χ4v) is 2.70. The third kappa shape index (κ3) is 4.51. The molecule has 20 heavy (non-hydrogen) atoms. The van der Waals surface area contributed by atoms with Crippen LogP contribution in [0.3, 0.4) is 0 Å². The smallest absolute Gasteiger partial charge is 0.132 e. The monoisotopic (exact) mass is 288 g/mol. The van der Waals surface area contributed by atoms with Gasteiger partial charge in [0.25, 0.3) is 0 Å². The van der Waals surface area contributed by atoms with Crippen molar-refractivity contribution in [3.63, 3.8) is 0 Å². The van der Waals surface area contributed by atoms with Crippen LogP contribution in [0.1, 0.15) is 17.4 Å². The molecule has 3 heteroatoms. The quantitative estimate of drug-likeness (QED) is 0.299. The Hall–Kier alpha value is -1.58. The highest BCUT2D eigenvalue weighted by Crippen LogP contribution is 2.36. The number of hydrogen-bond acceptors (Lipinski definition) is 2. The van der Waals surface area contributed by atoms with Gasteiger partial charge in [0, 0.05) is 4.90 Å². The normalized spacial score (nSPS) is 12.1. The molecule has 0 N–H and O–H groups in total. The van der Waals surface area contributed by atoms with Crippen LogP contribution >= 0.6 is 11.8 Å². The molecule has 0 saturated heterocycles. The van der Waals surface area contributed by atoms with E-state index in [1.54, 1.807) is 23.9 Å². The van der Waals surface area contributed by atoms with Crippen LogP contribution in [-0.2, 0) is 4.74 Å². The summed E-state index contributed by atoms with van der Waals surface area (Å²) in [6.45, 7) is 4.32. The average molecular weight is 288 g/mol. The van der Waals surface area contributed by atoms with Gasteiger partial charge in [-0.1, -0.05) is 48.2 Å². The third-order valence-corrected chi connectivity index (χ3v) is 3.89. The molecule has 104 valence electrons. The van der Waals surface area contributed by atoms with Gasteiger partial charge in [0.15, 0.2) is 0 Å². The van der Waals surface area contributed by atoms with E-state index in [9.17, 15) is 4.39 Å². The van der Waals surface area contributed by atoms with Crippen molar-refractivity contribution in [2.45, 2.75) is 16.8 Å². The average Bonchev–Trinajstić information content (AvgIpc) is 2.49. The van der Waals surface area contributed by atoms with E-state index in [4.69, 9.17) is 4.74 Å². The Balaban J connectivity index is 2.09. The van der Waals surface area contributed by atoms with E-state index in [0.29, 0.717) is 6.61 Å². The lowest BCUT2D eigenvalue weighted by molar-refractivity contribution is 0.117. The van der Waals surface area contributed by atoms with E-state index in [0.717, 1.165) is 16.9 Å². The Morgan fingerprint density at radius 1 is 1.10 bits per heavy atom. The Labute approximate surface area is 123 Å². The van der Waals surface area contributed by atoms with Crippen LogP contribution in [-0.4, -0.2) is 6.61 Å². The van der Waals surface area contributed by atoms with Gasteiger partial charge in [0.05, 0.1) is 6.61 Å². The van der Waals surface area contributed by atoms with Gasteiger partial charge in [-0.3, -0.25) is 0 Å². The first-order chi connectivity index (χ1) is 9.79. The lowest BCUT2D eigenvalue weighted by Crippen LogP contribution is -2.01.